The second-order valence-electron chi connectivity index (χ2n) is 6.91. The summed E-state index contributed by atoms with van der Waals surface area (Å²) in [6.45, 7) is 2.64. The van der Waals surface area contributed by atoms with Crippen LogP contribution in [-0.2, 0) is 24.3 Å². The van der Waals surface area contributed by atoms with Gasteiger partial charge in [0.05, 0.1) is 23.7 Å². The van der Waals surface area contributed by atoms with Gasteiger partial charge in [-0.3, -0.25) is 4.79 Å². The van der Waals surface area contributed by atoms with Crippen molar-refractivity contribution in [2.24, 2.45) is 0 Å². The first-order chi connectivity index (χ1) is 13.5. The first-order valence-electron chi connectivity index (χ1n) is 9.61. The maximum Gasteiger partial charge on any atom is 0.338 e. The largest absolute Gasteiger partial charge is 0.452 e. The molecule has 1 aromatic rings. The van der Waals surface area contributed by atoms with Gasteiger partial charge >= 0.3 is 5.97 Å². The van der Waals surface area contributed by atoms with E-state index in [1.165, 1.54) is 28.6 Å². The van der Waals surface area contributed by atoms with Gasteiger partial charge in [0, 0.05) is 26.2 Å². The van der Waals surface area contributed by atoms with Crippen LogP contribution in [-0.4, -0.2) is 75.5 Å². The minimum atomic E-state index is -3.56. The van der Waals surface area contributed by atoms with Crippen LogP contribution in [0, 0.1) is 0 Å². The lowest BCUT2D eigenvalue weighted by Gasteiger charge is -2.26. The summed E-state index contributed by atoms with van der Waals surface area (Å²) in [4.78, 5) is 25.9. The Morgan fingerprint density at radius 2 is 1.54 bits per heavy atom. The minimum absolute atomic E-state index is 0.162. The molecule has 0 bridgehead atoms. The molecule has 9 heteroatoms. The molecule has 2 aliphatic rings. The molecule has 0 unspecified atom stereocenters. The summed E-state index contributed by atoms with van der Waals surface area (Å²) < 4.78 is 37.3. The van der Waals surface area contributed by atoms with Crippen molar-refractivity contribution in [2.75, 3.05) is 46.0 Å². The Labute approximate surface area is 165 Å². The number of sulfonamides is 1. The van der Waals surface area contributed by atoms with Crippen molar-refractivity contribution in [3.63, 3.8) is 0 Å². The second kappa shape index (κ2) is 9.49. The van der Waals surface area contributed by atoms with Crippen molar-refractivity contribution in [2.45, 2.75) is 30.6 Å². The van der Waals surface area contributed by atoms with E-state index in [0.29, 0.717) is 39.4 Å². The zero-order chi connectivity index (χ0) is 20.0. The zero-order valence-corrected chi connectivity index (χ0v) is 16.7. The SMILES string of the molecule is O=C(OCC(=O)N1CCOCC1)c1ccc(S(=O)(=O)N2CCCCCC2)cc1. The third kappa shape index (κ3) is 5.09. The molecule has 3 rings (SSSR count). The second-order valence-corrected chi connectivity index (χ2v) is 8.85. The summed E-state index contributed by atoms with van der Waals surface area (Å²) in [7, 11) is -3.56. The highest BCUT2D eigenvalue weighted by atomic mass is 32.2. The van der Waals surface area contributed by atoms with Crippen molar-refractivity contribution in [1.82, 2.24) is 9.21 Å². The smallest absolute Gasteiger partial charge is 0.338 e. The average molecular weight is 410 g/mol. The summed E-state index contributed by atoms with van der Waals surface area (Å²) in [5.74, 6) is -0.919. The van der Waals surface area contributed by atoms with E-state index < -0.39 is 16.0 Å². The van der Waals surface area contributed by atoms with E-state index in [-0.39, 0.29) is 23.0 Å². The van der Waals surface area contributed by atoms with Crippen LogP contribution < -0.4 is 0 Å². The van der Waals surface area contributed by atoms with Crippen LogP contribution in [0.5, 0.6) is 0 Å². The summed E-state index contributed by atoms with van der Waals surface area (Å²) in [5.41, 5.74) is 0.213. The Morgan fingerprint density at radius 1 is 0.929 bits per heavy atom. The zero-order valence-electron chi connectivity index (χ0n) is 15.8. The molecule has 0 N–H and O–H groups in total. The number of carbonyl (C=O) groups excluding carboxylic acids is 2. The van der Waals surface area contributed by atoms with Gasteiger partial charge in [0.2, 0.25) is 10.0 Å². The summed E-state index contributed by atoms with van der Waals surface area (Å²) in [6.07, 6.45) is 3.81. The fourth-order valence-corrected chi connectivity index (χ4v) is 4.83. The summed E-state index contributed by atoms with van der Waals surface area (Å²) >= 11 is 0. The lowest BCUT2D eigenvalue weighted by atomic mass is 10.2. The lowest BCUT2D eigenvalue weighted by Crippen LogP contribution is -2.42. The first-order valence-corrected chi connectivity index (χ1v) is 11.1. The Bertz CT molecular complexity index is 779. The number of esters is 1. The summed E-state index contributed by atoms with van der Waals surface area (Å²) in [6, 6.07) is 5.68. The molecule has 2 saturated heterocycles. The Hall–Kier alpha value is -1.97. The monoisotopic (exact) mass is 410 g/mol. The molecule has 0 spiro atoms. The molecule has 0 aliphatic carbocycles. The van der Waals surface area contributed by atoms with Crippen molar-refractivity contribution in [3.8, 4) is 0 Å². The van der Waals surface area contributed by atoms with Crippen LogP contribution >= 0.6 is 0 Å². The fourth-order valence-electron chi connectivity index (χ4n) is 3.31. The molecule has 1 aromatic carbocycles. The molecule has 2 fully saturated rings. The van der Waals surface area contributed by atoms with E-state index >= 15 is 0 Å². The predicted octanol–water partition coefficient (Wildman–Crippen LogP) is 1.27. The van der Waals surface area contributed by atoms with Gasteiger partial charge in [-0.25, -0.2) is 13.2 Å². The van der Waals surface area contributed by atoms with Crippen LogP contribution in [0.4, 0.5) is 0 Å². The van der Waals surface area contributed by atoms with Gasteiger partial charge < -0.3 is 14.4 Å². The molecule has 0 saturated carbocycles. The standard InChI is InChI=1S/C19H26N2O6S/c22-18(20-11-13-26-14-12-20)15-27-19(23)16-5-7-17(8-6-16)28(24,25)21-9-3-1-2-4-10-21/h5-8H,1-4,9-15H2. The highest BCUT2D eigenvalue weighted by Crippen LogP contribution is 2.21. The van der Waals surface area contributed by atoms with Crippen molar-refractivity contribution < 1.29 is 27.5 Å². The van der Waals surface area contributed by atoms with Gasteiger partial charge in [-0.05, 0) is 37.1 Å². The molecule has 2 heterocycles. The van der Waals surface area contributed by atoms with Gasteiger partial charge in [-0.15, -0.1) is 0 Å². The third-order valence-corrected chi connectivity index (χ3v) is 6.90. The van der Waals surface area contributed by atoms with E-state index in [1.54, 1.807) is 4.90 Å². The van der Waals surface area contributed by atoms with Crippen LogP contribution in [0.15, 0.2) is 29.2 Å². The van der Waals surface area contributed by atoms with Gasteiger partial charge in [0.25, 0.3) is 5.91 Å². The molecule has 0 radical (unpaired) electrons. The third-order valence-electron chi connectivity index (χ3n) is 4.98. The van der Waals surface area contributed by atoms with Crippen LogP contribution in [0.2, 0.25) is 0 Å². The number of nitrogens with zero attached hydrogens (tertiary/aromatic N) is 2. The molecular formula is C19H26N2O6S. The van der Waals surface area contributed by atoms with Gasteiger partial charge in [-0.2, -0.15) is 4.31 Å². The van der Waals surface area contributed by atoms with Gasteiger partial charge in [-0.1, -0.05) is 12.8 Å². The first kappa shape index (κ1) is 20.8. The number of carbonyl (C=O) groups is 2. The quantitative estimate of drug-likeness (QED) is 0.679. The molecule has 28 heavy (non-hydrogen) atoms. The summed E-state index contributed by atoms with van der Waals surface area (Å²) in [5, 5.41) is 0. The predicted molar refractivity (Wildman–Crippen MR) is 101 cm³/mol. The number of amides is 1. The number of morpholine rings is 1. The Kier molecular flexibility index (Phi) is 7.03. The van der Waals surface area contributed by atoms with Gasteiger partial charge in [0.1, 0.15) is 0 Å². The molecule has 0 atom stereocenters. The van der Waals surface area contributed by atoms with Gasteiger partial charge in [0.15, 0.2) is 6.61 Å². The Morgan fingerprint density at radius 3 is 2.14 bits per heavy atom. The van der Waals surface area contributed by atoms with E-state index in [2.05, 4.69) is 0 Å². The van der Waals surface area contributed by atoms with E-state index in [0.717, 1.165) is 25.7 Å². The van der Waals surface area contributed by atoms with Crippen molar-refractivity contribution in [3.05, 3.63) is 29.8 Å². The minimum Gasteiger partial charge on any atom is -0.452 e. The fraction of sp³-hybridized carbons (Fsp3) is 0.579. The molecular weight excluding hydrogens is 384 g/mol. The number of rotatable bonds is 5. The Balaban J connectivity index is 1.58. The van der Waals surface area contributed by atoms with Crippen molar-refractivity contribution in [1.29, 1.82) is 0 Å². The average Bonchev–Trinajstić information content (AvgIpc) is 3.02. The van der Waals surface area contributed by atoms with E-state index in [9.17, 15) is 18.0 Å². The van der Waals surface area contributed by atoms with Crippen LogP contribution in [0.25, 0.3) is 0 Å². The maximum absolute atomic E-state index is 12.8. The highest BCUT2D eigenvalue weighted by Gasteiger charge is 2.25. The van der Waals surface area contributed by atoms with E-state index in [4.69, 9.17) is 9.47 Å². The highest BCUT2D eigenvalue weighted by molar-refractivity contribution is 7.89. The number of ether oxygens (including phenoxy) is 2. The normalized spacial score (nSPS) is 19.1. The molecule has 0 aromatic heterocycles. The molecule has 1 amide bonds. The number of hydrogen-bond acceptors (Lipinski definition) is 6. The molecule has 2 aliphatic heterocycles. The number of hydrogen-bond donors (Lipinski definition) is 0. The van der Waals surface area contributed by atoms with Crippen LogP contribution in [0.1, 0.15) is 36.0 Å². The number of benzene rings is 1. The topological polar surface area (TPSA) is 93.2 Å². The lowest BCUT2D eigenvalue weighted by molar-refractivity contribution is -0.138. The molecule has 154 valence electrons. The maximum atomic E-state index is 12.8. The van der Waals surface area contributed by atoms with E-state index in [1.807, 2.05) is 0 Å². The van der Waals surface area contributed by atoms with Crippen molar-refractivity contribution >= 4 is 21.9 Å². The van der Waals surface area contributed by atoms with Crippen LogP contribution in [0.3, 0.4) is 0 Å². The molecule has 8 nitrogen and oxygen atoms in total.